The van der Waals surface area contributed by atoms with Crippen LogP contribution in [-0.4, -0.2) is 18.1 Å². The number of benzene rings is 1. The Bertz CT molecular complexity index is 525. The van der Waals surface area contributed by atoms with Gasteiger partial charge in [0.1, 0.15) is 5.69 Å². The summed E-state index contributed by atoms with van der Waals surface area (Å²) in [4.78, 5) is 13.0. The van der Waals surface area contributed by atoms with E-state index in [1.54, 1.807) is 0 Å². The van der Waals surface area contributed by atoms with Crippen molar-refractivity contribution in [2.45, 2.75) is 12.8 Å². The van der Waals surface area contributed by atoms with Gasteiger partial charge in [-0.2, -0.15) is 0 Å². The molecule has 0 aromatic heterocycles. The lowest BCUT2D eigenvalue weighted by molar-refractivity contribution is -0.385. The predicted molar refractivity (Wildman–Crippen MR) is 62.1 cm³/mol. The molecule has 0 saturated carbocycles. The van der Waals surface area contributed by atoms with Crippen LogP contribution in [0.15, 0.2) is 17.2 Å². The Kier molecular flexibility index (Phi) is 3.49. The Morgan fingerprint density at radius 3 is 2.72 bits per heavy atom. The van der Waals surface area contributed by atoms with Gasteiger partial charge in [-0.15, -0.1) is 0 Å². The SMILES string of the molecule is [N-]=[N+]=Nc1ccc2c(c1[N+](=O)[O-])OCCCCO2. The van der Waals surface area contributed by atoms with Gasteiger partial charge in [0.25, 0.3) is 0 Å². The Labute approximate surface area is 102 Å². The summed E-state index contributed by atoms with van der Waals surface area (Å²) in [6.45, 7) is 0.852. The standard InChI is InChI=1S/C10H10N4O4/c11-13-12-7-3-4-8-10(9(7)14(15)16)18-6-2-1-5-17-8/h3-4H,1-2,5-6H2. The van der Waals surface area contributed by atoms with Crippen LogP contribution in [0.5, 0.6) is 11.5 Å². The van der Waals surface area contributed by atoms with Gasteiger partial charge in [0.05, 0.1) is 18.1 Å². The molecular weight excluding hydrogens is 240 g/mol. The van der Waals surface area contributed by atoms with Crippen LogP contribution in [0, 0.1) is 10.1 Å². The number of nitrogens with zero attached hydrogens (tertiary/aromatic N) is 4. The van der Waals surface area contributed by atoms with Crippen molar-refractivity contribution < 1.29 is 14.4 Å². The van der Waals surface area contributed by atoms with Crippen molar-refractivity contribution in [3.05, 3.63) is 32.7 Å². The molecule has 1 aromatic carbocycles. The van der Waals surface area contributed by atoms with E-state index in [0.717, 1.165) is 12.8 Å². The van der Waals surface area contributed by atoms with Crippen LogP contribution in [0.3, 0.4) is 0 Å². The highest BCUT2D eigenvalue weighted by Gasteiger charge is 2.26. The number of nitro groups is 1. The first-order valence-corrected chi connectivity index (χ1v) is 5.36. The van der Waals surface area contributed by atoms with Gasteiger partial charge in [-0.25, -0.2) is 0 Å². The molecule has 0 aliphatic carbocycles. The molecule has 0 saturated heterocycles. The minimum absolute atomic E-state index is 0.0320. The van der Waals surface area contributed by atoms with E-state index in [4.69, 9.17) is 15.0 Å². The largest absolute Gasteiger partial charge is 0.489 e. The third-order valence-electron chi connectivity index (χ3n) is 2.45. The van der Waals surface area contributed by atoms with Gasteiger partial charge >= 0.3 is 5.69 Å². The summed E-state index contributed by atoms with van der Waals surface area (Å²) in [7, 11) is 0. The molecule has 0 radical (unpaired) electrons. The fourth-order valence-electron chi connectivity index (χ4n) is 1.66. The second kappa shape index (κ2) is 5.24. The van der Waals surface area contributed by atoms with E-state index in [-0.39, 0.29) is 17.1 Å². The van der Waals surface area contributed by atoms with Gasteiger partial charge in [-0.3, -0.25) is 10.1 Å². The van der Waals surface area contributed by atoms with Gasteiger partial charge in [0, 0.05) is 4.91 Å². The maximum Gasteiger partial charge on any atom is 0.324 e. The van der Waals surface area contributed by atoms with E-state index in [9.17, 15) is 10.1 Å². The summed E-state index contributed by atoms with van der Waals surface area (Å²) in [5, 5.41) is 14.3. The van der Waals surface area contributed by atoms with Gasteiger partial charge in [-0.1, -0.05) is 5.11 Å². The van der Waals surface area contributed by atoms with E-state index >= 15 is 0 Å². The van der Waals surface area contributed by atoms with Crippen LogP contribution in [0.25, 0.3) is 10.4 Å². The zero-order valence-electron chi connectivity index (χ0n) is 9.40. The Morgan fingerprint density at radius 2 is 2.06 bits per heavy atom. The highest BCUT2D eigenvalue weighted by Crippen LogP contribution is 2.44. The smallest absolute Gasteiger partial charge is 0.324 e. The molecule has 1 heterocycles. The van der Waals surface area contributed by atoms with Crippen LogP contribution in [0.1, 0.15) is 12.8 Å². The molecule has 18 heavy (non-hydrogen) atoms. The highest BCUT2D eigenvalue weighted by atomic mass is 16.6. The molecule has 8 nitrogen and oxygen atoms in total. The van der Waals surface area contributed by atoms with E-state index in [1.165, 1.54) is 12.1 Å². The molecule has 0 amide bonds. The van der Waals surface area contributed by atoms with Crippen molar-refractivity contribution in [3.63, 3.8) is 0 Å². The molecule has 1 aliphatic heterocycles. The number of rotatable bonds is 2. The van der Waals surface area contributed by atoms with E-state index in [2.05, 4.69) is 10.0 Å². The minimum atomic E-state index is -0.631. The highest BCUT2D eigenvalue weighted by molar-refractivity contribution is 5.70. The van der Waals surface area contributed by atoms with Gasteiger partial charge in [0.15, 0.2) is 5.75 Å². The van der Waals surface area contributed by atoms with Crippen LogP contribution in [-0.2, 0) is 0 Å². The molecule has 0 bridgehead atoms. The van der Waals surface area contributed by atoms with Crippen LogP contribution in [0.2, 0.25) is 0 Å². The summed E-state index contributed by atoms with van der Waals surface area (Å²) >= 11 is 0. The predicted octanol–water partition coefficient (Wildman–Crippen LogP) is 3.09. The monoisotopic (exact) mass is 250 g/mol. The van der Waals surface area contributed by atoms with Gasteiger partial charge in [0.2, 0.25) is 5.75 Å². The summed E-state index contributed by atoms with van der Waals surface area (Å²) in [5.74, 6) is 0.336. The van der Waals surface area contributed by atoms with E-state index < -0.39 is 4.92 Å². The molecule has 2 rings (SSSR count). The first kappa shape index (κ1) is 12.0. The molecule has 0 unspecified atom stereocenters. The summed E-state index contributed by atoms with van der Waals surface area (Å²) in [5.41, 5.74) is 7.96. The topological polar surface area (TPSA) is 110 Å². The van der Waals surface area contributed by atoms with Crippen molar-refractivity contribution in [1.82, 2.24) is 0 Å². The van der Waals surface area contributed by atoms with E-state index in [0.29, 0.717) is 19.0 Å². The Hall–Kier alpha value is -2.47. The molecule has 0 atom stereocenters. The van der Waals surface area contributed by atoms with Gasteiger partial charge < -0.3 is 9.47 Å². The molecule has 1 aromatic rings. The van der Waals surface area contributed by atoms with Crippen molar-refractivity contribution in [2.75, 3.05) is 13.2 Å². The van der Waals surface area contributed by atoms with Crippen molar-refractivity contribution in [2.24, 2.45) is 5.11 Å². The number of fused-ring (bicyclic) bond motifs is 1. The zero-order chi connectivity index (χ0) is 13.0. The van der Waals surface area contributed by atoms with Crippen LogP contribution in [0.4, 0.5) is 11.4 Å². The zero-order valence-corrected chi connectivity index (χ0v) is 9.40. The van der Waals surface area contributed by atoms with Crippen molar-refractivity contribution >= 4 is 11.4 Å². The summed E-state index contributed by atoms with van der Waals surface area (Å²) in [6.07, 6.45) is 1.58. The second-order valence-corrected chi connectivity index (χ2v) is 3.61. The Morgan fingerprint density at radius 1 is 1.33 bits per heavy atom. The molecular formula is C10H10N4O4. The third-order valence-corrected chi connectivity index (χ3v) is 2.45. The fraction of sp³-hybridized carbons (Fsp3) is 0.400. The molecule has 8 heteroatoms. The minimum Gasteiger partial charge on any atom is -0.489 e. The first-order chi connectivity index (χ1) is 8.74. The second-order valence-electron chi connectivity index (χ2n) is 3.61. The first-order valence-electron chi connectivity index (χ1n) is 5.36. The van der Waals surface area contributed by atoms with Crippen LogP contribution < -0.4 is 9.47 Å². The number of hydrogen-bond acceptors (Lipinski definition) is 5. The molecule has 1 aliphatic rings. The lowest BCUT2D eigenvalue weighted by Crippen LogP contribution is -2.09. The van der Waals surface area contributed by atoms with Crippen LogP contribution >= 0.6 is 0 Å². The summed E-state index contributed by atoms with van der Waals surface area (Å²) < 4.78 is 10.7. The quantitative estimate of drug-likeness (QED) is 0.264. The van der Waals surface area contributed by atoms with Crippen molar-refractivity contribution in [3.8, 4) is 11.5 Å². The number of ether oxygens (including phenoxy) is 2. The maximum absolute atomic E-state index is 11.1. The lowest BCUT2D eigenvalue weighted by atomic mass is 10.2. The molecule has 0 fully saturated rings. The number of hydrogen-bond donors (Lipinski definition) is 0. The molecule has 0 N–H and O–H groups in total. The average molecular weight is 250 g/mol. The fourth-order valence-corrected chi connectivity index (χ4v) is 1.66. The average Bonchev–Trinajstić information content (AvgIpc) is 2.30. The van der Waals surface area contributed by atoms with Crippen molar-refractivity contribution in [1.29, 1.82) is 0 Å². The maximum atomic E-state index is 11.1. The van der Waals surface area contributed by atoms with E-state index in [1.807, 2.05) is 0 Å². The number of azide groups is 1. The lowest BCUT2D eigenvalue weighted by Gasteiger charge is -2.16. The third kappa shape index (κ3) is 2.28. The van der Waals surface area contributed by atoms with Gasteiger partial charge in [-0.05, 0) is 30.5 Å². The molecule has 0 spiro atoms. The normalized spacial score (nSPS) is 14.0. The Balaban J connectivity index is 2.58. The molecule has 94 valence electrons. The summed E-state index contributed by atoms with van der Waals surface area (Å²) in [6, 6.07) is 2.86. The number of nitro benzene ring substituents is 1.